The molecule has 29 heavy (non-hydrogen) atoms. The van der Waals surface area contributed by atoms with E-state index in [1.807, 2.05) is 0 Å². The molecule has 7 heteroatoms. The van der Waals surface area contributed by atoms with Crippen molar-refractivity contribution in [3.8, 4) is 0 Å². The zero-order valence-corrected chi connectivity index (χ0v) is 18.4. The maximum absolute atomic E-state index is 12.8. The lowest BCUT2D eigenvalue weighted by molar-refractivity contribution is -0.121. The Balaban J connectivity index is 1.41. The predicted molar refractivity (Wildman–Crippen MR) is 115 cm³/mol. The van der Waals surface area contributed by atoms with E-state index in [0.29, 0.717) is 23.2 Å². The lowest BCUT2D eigenvalue weighted by Gasteiger charge is -2.25. The molecule has 1 atom stereocenters. The Morgan fingerprint density at radius 2 is 1.79 bits per heavy atom. The van der Waals surface area contributed by atoms with Crippen LogP contribution in [0.2, 0.25) is 0 Å². The van der Waals surface area contributed by atoms with Crippen molar-refractivity contribution in [2.75, 3.05) is 13.1 Å². The van der Waals surface area contributed by atoms with E-state index in [1.54, 1.807) is 16.4 Å². The number of aryl methyl sites for hydroxylation is 1. The van der Waals surface area contributed by atoms with Gasteiger partial charge in [-0.05, 0) is 56.2 Å². The number of hydrogen-bond donors (Lipinski definition) is 1. The van der Waals surface area contributed by atoms with Crippen LogP contribution in [-0.2, 0) is 21.2 Å². The topological polar surface area (TPSA) is 66.5 Å². The maximum atomic E-state index is 12.8. The van der Waals surface area contributed by atoms with Gasteiger partial charge in [-0.3, -0.25) is 4.79 Å². The van der Waals surface area contributed by atoms with Crippen LogP contribution in [0.5, 0.6) is 0 Å². The highest BCUT2D eigenvalue weighted by Gasteiger charge is 2.33. The summed E-state index contributed by atoms with van der Waals surface area (Å²) in [4.78, 5) is 13.5. The highest BCUT2D eigenvalue weighted by molar-refractivity contribution is 7.91. The molecule has 2 heterocycles. The molecule has 2 fully saturated rings. The fourth-order valence-corrected chi connectivity index (χ4v) is 6.91. The summed E-state index contributed by atoms with van der Waals surface area (Å²) in [6, 6.07) is 11.8. The Morgan fingerprint density at radius 1 is 1.10 bits per heavy atom. The van der Waals surface area contributed by atoms with E-state index in [-0.39, 0.29) is 18.4 Å². The number of benzene rings is 1. The van der Waals surface area contributed by atoms with E-state index in [2.05, 4.69) is 36.5 Å². The van der Waals surface area contributed by atoms with Gasteiger partial charge in [-0.1, -0.05) is 36.2 Å². The normalized spacial score (nSPS) is 19.1. The molecule has 1 N–H and O–H groups in total. The van der Waals surface area contributed by atoms with Crippen molar-refractivity contribution in [2.45, 2.75) is 55.7 Å². The van der Waals surface area contributed by atoms with Crippen LogP contribution in [0, 0.1) is 12.8 Å². The lowest BCUT2D eigenvalue weighted by atomic mass is 10.0. The first-order valence-electron chi connectivity index (χ1n) is 10.4. The van der Waals surface area contributed by atoms with Gasteiger partial charge in [0, 0.05) is 18.0 Å². The van der Waals surface area contributed by atoms with Gasteiger partial charge in [0.25, 0.3) is 10.0 Å². The monoisotopic (exact) mass is 432 g/mol. The van der Waals surface area contributed by atoms with Crippen LogP contribution in [0.15, 0.2) is 40.6 Å². The summed E-state index contributed by atoms with van der Waals surface area (Å²) >= 11 is 1.22. The highest BCUT2D eigenvalue weighted by atomic mass is 32.2. The summed E-state index contributed by atoms with van der Waals surface area (Å²) in [5.41, 5.74) is 2.35. The Bertz CT molecular complexity index is 956. The van der Waals surface area contributed by atoms with E-state index in [9.17, 15) is 13.2 Å². The molecule has 0 radical (unpaired) electrons. The second-order valence-corrected chi connectivity index (χ2v) is 11.5. The van der Waals surface area contributed by atoms with Gasteiger partial charge in [-0.25, -0.2) is 8.42 Å². The van der Waals surface area contributed by atoms with Crippen LogP contribution >= 0.6 is 11.3 Å². The van der Waals surface area contributed by atoms with Crippen LogP contribution in [0.4, 0.5) is 0 Å². The summed E-state index contributed by atoms with van der Waals surface area (Å²) in [6.45, 7) is 3.24. The van der Waals surface area contributed by atoms with E-state index in [4.69, 9.17) is 0 Å². The largest absolute Gasteiger partial charge is 0.349 e. The molecule has 0 bridgehead atoms. The molecule has 1 aliphatic heterocycles. The van der Waals surface area contributed by atoms with Crippen LogP contribution in [0.25, 0.3) is 0 Å². The number of amides is 1. The zero-order valence-electron chi connectivity index (χ0n) is 16.8. The number of carbonyl (C=O) groups is 1. The Morgan fingerprint density at radius 3 is 2.45 bits per heavy atom. The molecule has 0 spiro atoms. The number of nitrogens with one attached hydrogen (secondary N) is 1. The van der Waals surface area contributed by atoms with Crippen molar-refractivity contribution in [1.82, 2.24) is 9.62 Å². The number of thiophene rings is 1. The Kier molecular flexibility index (Phi) is 6.08. The molecule has 5 nitrogen and oxygen atoms in total. The molecule has 1 saturated heterocycles. The van der Waals surface area contributed by atoms with Gasteiger partial charge < -0.3 is 5.32 Å². The predicted octanol–water partition coefficient (Wildman–Crippen LogP) is 4.04. The molecular formula is C22H28N2O3S2. The van der Waals surface area contributed by atoms with Crippen LogP contribution < -0.4 is 5.32 Å². The first-order chi connectivity index (χ1) is 13.9. The third kappa shape index (κ3) is 4.90. The molecule has 1 amide bonds. The van der Waals surface area contributed by atoms with E-state index >= 15 is 0 Å². The molecule has 2 aromatic rings. The second-order valence-electron chi connectivity index (χ2n) is 8.16. The number of hydrogen-bond acceptors (Lipinski definition) is 4. The molecule has 1 saturated carbocycles. The summed E-state index contributed by atoms with van der Waals surface area (Å²) in [5.74, 6) is 0.450. The molecular weight excluding hydrogens is 404 g/mol. The molecule has 1 aliphatic carbocycles. The van der Waals surface area contributed by atoms with Crippen molar-refractivity contribution in [1.29, 1.82) is 0 Å². The van der Waals surface area contributed by atoms with Crippen molar-refractivity contribution in [3.63, 3.8) is 0 Å². The maximum Gasteiger partial charge on any atom is 0.252 e. The number of nitrogens with zero attached hydrogens (tertiary/aromatic N) is 1. The fourth-order valence-electron chi connectivity index (χ4n) is 3.88. The first kappa shape index (κ1) is 20.6. The third-order valence-corrected chi connectivity index (χ3v) is 9.18. The van der Waals surface area contributed by atoms with Crippen molar-refractivity contribution in [3.05, 3.63) is 52.4 Å². The first-order valence-corrected chi connectivity index (χ1v) is 12.6. The summed E-state index contributed by atoms with van der Waals surface area (Å²) in [6.07, 6.45) is 5.41. The van der Waals surface area contributed by atoms with Crippen LogP contribution in [0.1, 0.15) is 54.1 Å². The van der Waals surface area contributed by atoms with Gasteiger partial charge in [-0.2, -0.15) is 4.31 Å². The highest BCUT2D eigenvalue weighted by Crippen LogP contribution is 2.41. The van der Waals surface area contributed by atoms with E-state index in [0.717, 1.165) is 42.5 Å². The fraction of sp³-hybridized carbons (Fsp3) is 0.500. The molecule has 1 aromatic carbocycles. The van der Waals surface area contributed by atoms with Crippen LogP contribution in [0.3, 0.4) is 0 Å². The van der Waals surface area contributed by atoms with Gasteiger partial charge in [0.2, 0.25) is 5.91 Å². The van der Waals surface area contributed by atoms with E-state index < -0.39 is 10.0 Å². The summed E-state index contributed by atoms with van der Waals surface area (Å²) < 4.78 is 27.5. The standard InChI is InChI=1S/C22H28N2O3S2/c1-16-5-7-17(8-6-16)22(18-9-10-18)23-20(25)15-19-11-12-21(28-19)29(26,27)24-13-3-2-4-14-24/h5-8,11-12,18,22H,2-4,9-10,13-15H2,1H3,(H,23,25). The summed E-state index contributed by atoms with van der Waals surface area (Å²) in [7, 11) is -3.43. The summed E-state index contributed by atoms with van der Waals surface area (Å²) in [5, 5.41) is 3.18. The molecule has 156 valence electrons. The van der Waals surface area contributed by atoms with Gasteiger partial charge in [0.15, 0.2) is 0 Å². The lowest BCUT2D eigenvalue weighted by Crippen LogP contribution is -2.35. The minimum Gasteiger partial charge on any atom is -0.349 e. The number of carbonyl (C=O) groups excluding carboxylic acids is 1. The van der Waals surface area contributed by atoms with E-state index in [1.165, 1.54) is 16.9 Å². The van der Waals surface area contributed by atoms with Crippen molar-refractivity contribution < 1.29 is 13.2 Å². The van der Waals surface area contributed by atoms with Gasteiger partial charge in [-0.15, -0.1) is 11.3 Å². The quantitative estimate of drug-likeness (QED) is 0.718. The number of piperidine rings is 1. The minimum atomic E-state index is -3.43. The molecule has 4 rings (SSSR count). The third-order valence-electron chi connectivity index (χ3n) is 5.73. The average molecular weight is 433 g/mol. The van der Waals surface area contributed by atoms with Gasteiger partial charge >= 0.3 is 0 Å². The molecule has 1 aromatic heterocycles. The SMILES string of the molecule is Cc1ccc(C(NC(=O)Cc2ccc(S(=O)(=O)N3CCCCC3)s2)C2CC2)cc1. The Hall–Kier alpha value is -1.70. The van der Waals surface area contributed by atoms with Gasteiger partial charge in [0.05, 0.1) is 12.5 Å². The average Bonchev–Trinajstić information content (AvgIpc) is 3.45. The minimum absolute atomic E-state index is 0.0413. The smallest absolute Gasteiger partial charge is 0.252 e. The number of sulfonamides is 1. The zero-order chi connectivity index (χ0) is 20.4. The number of rotatable bonds is 7. The molecule has 1 unspecified atom stereocenters. The molecule has 2 aliphatic rings. The Labute approximate surface area is 177 Å². The van der Waals surface area contributed by atoms with Crippen LogP contribution in [-0.4, -0.2) is 31.7 Å². The van der Waals surface area contributed by atoms with Crippen molar-refractivity contribution in [2.24, 2.45) is 5.92 Å². The second kappa shape index (κ2) is 8.58. The van der Waals surface area contributed by atoms with Gasteiger partial charge in [0.1, 0.15) is 4.21 Å². The van der Waals surface area contributed by atoms with Crippen molar-refractivity contribution >= 4 is 27.3 Å².